The topological polar surface area (TPSA) is 43.4 Å². The van der Waals surface area contributed by atoms with Gasteiger partial charge in [-0.2, -0.15) is 0 Å². The number of esters is 1. The third-order valence-corrected chi connectivity index (χ3v) is 3.24. The molecule has 80 valence electrons. The van der Waals surface area contributed by atoms with Crippen LogP contribution in [0.3, 0.4) is 0 Å². The van der Waals surface area contributed by atoms with Crippen molar-refractivity contribution in [2.45, 2.75) is 33.1 Å². The molecule has 0 amide bonds. The molecule has 0 radical (unpaired) electrons. The van der Waals surface area contributed by atoms with Gasteiger partial charge >= 0.3 is 5.97 Å². The van der Waals surface area contributed by atoms with E-state index in [1.807, 2.05) is 13.8 Å². The normalized spacial score (nSPS) is 30.8. The zero-order valence-electron chi connectivity index (χ0n) is 9.08. The average molecular weight is 198 g/mol. The first-order valence-corrected chi connectivity index (χ1v) is 5.04. The molecule has 0 aromatic heterocycles. The molecule has 0 aliphatic heterocycles. The highest BCUT2D eigenvalue weighted by Crippen LogP contribution is 2.43. The standard InChI is InChI=1S/C11H18O3/c1-11(2)6-8(7-12)4-5-9(11)10(13)14-3/h7-9H,4-6H2,1-3H3/t8-,9-/m0/s1. The van der Waals surface area contributed by atoms with E-state index < -0.39 is 0 Å². The van der Waals surface area contributed by atoms with Crippen LogP contribution in [0.2, 0.25) is 0 Å². The molecule has 14 heavy (non-hydrogen) atoms. The summed E-state index contributed by atoms with van der Waals surface area (Å²) >= 11 is 0. The Morgan fingerprint density at radius 1 is 1.43 bits per heavy atom. The van der Waals surface area contributed by atoms with E-state index in [4.69, 9.17) is 4.74 Å². The third kappa shape index (κ3) is 2.14. The summed E-state index contributed by atoms with van der Waals surface area (Å²) in [6.07, 6.45) is 3.38. The summed E-state index contributed by atoms with van der Waals surface area (Å²) in [5.74, 6) is -0.0750. The first kappa shape index (κ1) is 11.2. The lowest BCUT2D eigenvalue weighted by Crippen LogP contribution is -2.38. The van der Waals surface area contributed by atoms with Gasteiger partial charge in [0.2, 0.25) is 0 Å². The first-order chi connectivity index (χ1) is 6.51. The van der Waals surface area contributed by atoms with Gasteiger partial charge in [-0.1, -0.05) is 13.8 Å². The molecule has 3 heteroatoms. The van der Waals surface area contributed by atoms with Crippen LogP contribution in [0.1, 0.15) is 33.1 Å². The van der Waals surface area contributed by atoms with Crippen molar-refractivity contribution in [2.75, 3.05) is 7.11 Å². The second kappa shape index (κ2) is 4.11. The van der Waals surface area contributed by atoms with Gasteiger partial charge in [0.1, 0.15) is 6.29 Å². The Hall–Kier alpha value is -0.860. The lowest BCUT2D eigenvalue weighted by atomic mass is 9.65. The summed E-state index contributed by atoms with van der Waals surface area (Å²) in [7, 11) is 1.42. The number of methoxy groups -OCH3 is 1. The van der Waals surface area contributed by atoms with Crippen LogP contribution in [0.4, 0.5) is 0 Å². The van der Waals surface area contributed by atoms with E-state index >= 15 is 0 Å². The molecular formula is C11H18O3. The van der Waals surface area contributed by atoms with E-state index in [9.17, 15) is 9.59 Å². The molecule has 1 aliphatic carbocycles. The number of hydrogen-bond acceptors (Lipinski definition) is 3. The lowest BCUT2D eigenvalue weighted by molar-refractivity contribution is -0.152. The molecule has 0 bridgehead atoms. The first-order valence-electron chi connectivity index (χ1n) is 5.04. The van der Waals surface area contributed by atoms with E-state index in [2.05, 4.69) is 0 Å². The Balaban J connectivity index is 2.72. The summed E-state index contributed by atoms with van der Waals surface area (Å²) < 4.78 is 4.77. The van der Waals surface area contributed by atoms with Gasteiger partial charge in [-0.25, -0.2) is 0 Å². The number of ether oxygens (including phenoxy) is 1. The molecule has 0 N–H and O–H groups in total. The van der Waals surface area contributed by atoms with Crippen LogP contribution in [0.5, 0.6) is 0 Å². The van der Waals surface area contributed by atoms with Gasteiger partial charge in [0, 0.05) is 5.92 Å². The Morgan fingerprint density at radius 3 is 2.50 bits per heavy atom. The monoisotopic (exact) mass is 198 g/mol. The highest BCUT2D eigenvalue weighted by Gasteiger charge is 2.41. The fraction of sp³-hybridized carbons (Fsp3) is 0.818. The van der Waals surface area contributed by atoms with Crippen molar-refractivity contribution in [1.82, 2.24) is 0 Å². The molecule has 0 heterocycles. The number of aldehydes is 1. The Morgan fingerprint density at radius 2 is 2.07 bits per heavy atom. The maximum absolute atomic E-state index is 11.5. The van der Waals surface area contributed by atoms with E-state index in [1.54, 1.807) is 0 Å². The predicted molar refractivity (Wildman–Crippen MR) is 52.7 cm³/mol. The average Bonchev–Trinajstić information content (AvgIpc) is 2.15. The quantitative estimate of drug-likeness (QED) is 0.502. The van der Waals surface area contributed by atoms with Gasteiger partial charge in [0.25, 0.3) is 0 Å². The Kier molecular flexibility index (Phi) is 3.29. The maximum Gasteiger partial charge on any atom is 0.309 e. The fourth-order valence-electron chi connectivity index (χ4n) is 2.39. The molecule has 1 saturated carbocycles. The second-order valence-electron chi connectivity index (χ2n) is 4.74. The van der Waals surface area contributed by atoms with Crippen LogP contribution < -0.4 is 0 Å². The van der Waals surface area contributed by atoms with E-state index in [-0.39, 0.29) is 23.2 Å². The van der Waals surface area contributed by atoms with E-state index in [0.717, 1.165) is 25.5 Å². The van der Waals surface area contributed by atoms with Crippen LogP contribution in [-0.4, -0.2) is 19.4 Å². The molecule has 1 aliphatic rings. The molecule has 0 aromatic carbocycles. The molecule has 1 fully saturated rings. The summed E-state index contributed by atoms with van der Waals surface area (Å²) in [6, 6.07) is 0. The van der Waals surface area contributed by atoms with Crippen molar-refractivity contribution >= 4 is 12.3 Å². The second-order valence-corrected chi connectivity index (χ2v) is 4.74. The Labute approximate surface area is 84.8 Å². The van der Waals surface area contributed by atoms with Crippen molar-refractivity contribution in [1.29, 1.82) is 0 Å². The Bertz CT molecular complexity index is 233. The highest BCUT2D eigenvalue weighted by atomic mass is 16.5. The summed E-state index contributed by atoms with van der Waals surface area (Å²) in [6.45, 7) is 4.06. The van der Waals surface area contributed by atoms with Gasteiger partial charge in [0.15, 0.2) is 0 Å². The van der Waals surface area contributed by atoms with Gasteiger partial charge in [-0.05, 0) is 24.7 Å². The van der Waals surface area contributed by atoms with E-state index in [1.165, 1.54) is 7.11 Å². The van der Waals surface area contributed by atoms with Crippen molar-refractivity contribution in [2.24, 2.45) is 17.3 Å². The van der Waals surface area contributed by atoms with Crippen LogP contribution >= 0.6 is 0 Å². The van der Waals surface area contributed by atoms with Crippen molar-refractivity contribution in [3.05, 3.63) is 0 Å². The van der Waals surface area contributed by atoms with Crippen molar-refractivity contribution in [3.63, 3.8) is 0 Å². The van der Waals surface area contributed by atoms with Crippen LogP contribution in [0.15, 0.2) is 0 Å². The van der Waals surface area contributed by atoms with Crippen molar-refractivity contribution in [3.8, 4) is 0 Å². The van der Waals surface area contributed by atoms with Crippen LogP contribution in [-0.2, 0) is 14.3 Å². The molecule has 0 saturated heterocycles. The fourth-order valence-corrected chi connectivity index (χ4v) is 2.39. The van der Waals surface area contributed by atoms with E-state index in [0.29, 0.717) is 0 Å². The summed E-state index contributed by atoms with van der Waals surface area (Å²) in [5, 5.41) is 0. The predicted octanol–water partition coefficient (Wildman–Crippen LogP) is 1.80. The van der Waals surface area contributed by atoms with Gasteiger partial charge in [-0.15, -0.1) is 0 Å². The van der Waals surface area contributed by atoms with Crippen LogP contribution in [0, 0.1) is 17.3 Å². The number of carbonyl (C=O) groups excluding carboxylic acids is 2. The SMILES string of the molecule is COC(=O)[C@@H]1CC[C@H](C=O)CC1(C)C. The lowest BCUT2D eigenvalue weighted by Gasteiger charge is -2.39. The summed E-state index contributed by atoms with van der Waals surface area (Å²) in [5.41, 5.74) is -0.114. The number of hydrogen-bond donors (Lipinski definition) is 0. The molecule has 0 aromatic rings. The van der Waals surface area contributed by atoms with Crippen molar-refractivity contribution < 1.29 is 14.3 Å². The van der Waals surface area contributed by atoms with Crippen LogP contribution in [0.25, 0.3) is 0 Å². The molecular weight excluding hydrogens is 180 g/mol. The van der Waals surface area contributed by atoms with Gasteiger partial charge < -0.3 is 9.53 Å². The zero-order chi connectivity index (χ0) is 10.8. The maximum atomic E-state index is 11.5. The van der Waals surface area contributed by atoms with Gasteiger partial charge in [-0.3, -0.25) is 4.79 Å². The minimum Gasteiger partial charge on any atom is -0.469 e. The smallest absolute Gasteiger partial charge is 0.309 e. The minimum atomic E-state index is -0.139. The molecule has 2 atom stereocenters. The highest BCUT2D eigenvalue weighted by molar-refractivity contribution is 5.73. The third-order valence-electron chi connectivity index (χ3n) is 3.24. The summed E-state index contributed by atoms with van der Waals surface area (Å²) in [4.78, 5) is 22.1. The number of rotatable bonds is 2. The molecule has 3 nitrogen and oxygen atoms in total. The molecule has 0 spiro atoms. The number of carbonyl (C=O) groups is 2. The molecule has 1 rings (SSSR count). The van der Waals surface area contributed by atoms with Gasteiger partial charge in [0.05, 0.1) is 13.0 Å². The minimum absolute atomic E-state index is 0.0521. The zero-order valence-corrected chi connectivity index (χ0v) is 9.08. The largest absolute Gasteiger partial charge is 0.469 e. The molecule has 0 unspecified atom stereocenters.